The first-order chi connectivity index (χ1) is 9.03. The van der Waals surface area contributed by atoms with Gasteiger partial charge in [0.1, 0.15) is 5.52 Å². The summed E-state index contributed by atoms with van der Waals surface area (Å²) in [4.78, 5) is 15.7. The van der Waals surface area contributed by atoms with E-state index in [9.17, 15) is 9.90 Å². The molecule has 0 spiro atoms. The molecule has 1 unspecified atom stereocenters. The summed E-state index contributed by atoms with van der Waals surface area (Å²) in [6.07, 6.45) is 2.20. The molecule has 1 heterocycles. The van der Waals surface area contributed by atoms with Gasteiger partial charge >= 0.3 is 5.97 Å². The van der Waals surface area contributed by atoms with Crippen molar-refractivity contribution in [2.24, 2.45) is 11.1 Å². The van der Waals surface area contributed by atoms with Crippen LogP contribution in [-0.4, -0.2) is 16.1 Å². The summed E-state index contributed by atoms with van der Waals surface area (Å²) >= 11 is 0. The zero-order valence-electron chi connectivity index (χ0n) is 10.7. The van der Waals surface area contributed by atoms with Crippen molar-refractivity contribution in [3.8, 4) is 0 Å². The van der Waals surface area contributed by atoms with E-state index in [1.54, 1.807) is 13.0 Å². The van der Waals surface area contributed by atoms with E-state index < -0.39 is 17.4 Å². The highest BCUT2D eigenvalue weighted by Crippen LogP contribution is 2.49. The van der Waals surface area contributed by atoms with Gasteiger partial charge < -0.3 is 15.3 Å². The van der Waals surface area contributed by atoms with Gasteiger partial charge in [0.15, 0.2) is 11.5 Å². The monoisotopic (exact) mass is 260 g/mol. The predicted octanol–water partition coefficient (Wildman–Crippen LogP) is 2.39. The fourth-order valence-corrected chi connectivity index (χ4v) is 2.79. The van der Waals surface area contributed by atoms with Gasteiger partial charge in [0, 0.05) is 13.0 Å². The van der Waals surface area contributed by atoms with Crippen LogP contribution in [0.3, 0.4) is 0 Å². The number of nitrogens with two attached hydrogens (primary N) is 1. The molecule has 1 fully saturated rings. The van der Waals surface area contributed by atoms with Crippen LogP contribution < -0.4 is 5.73 Å². The van der Waals surface area contributed by atoms with Crippen LogP contribution in [-0.2, 0) is 4.79 Å². The third kappa shape index (κ3) is 1.73. The Balaban J connectivity index is 2.01. The molecular weight excluding hydrogens is 244 g/mol. The molecule has 0 radical (unpaired) electrons. The number of fused-ring (bicyclic) bond motifs is 1. The second kappa shape index (κ2) is 4.06. The summed E-state index contributed by atoms with van der Waals surface area (Å²) in [6.45, 7) is 1.78. The Morgan fingerprint density at radius 2 is 2.26 bits per heavy atom. The lowest BCUT2D eigenvalue weighted by molar-refractivity contribution is -0.156. The normalized spacial score (nSPS) is 19.1. The minimum absolute atomic E-state index is 0.500. The molecule has 0 amide bonds. The average molecular weight is 260 g/mol. The van der Waals surface area contributed by atoms with E-state index in [2.05, 4.69) is 4.98 Å². The summed E-state index contributed by atoms with van der Waals surface area (Å²) < 4.78 is 5.41. The molecule has 0 saturated heterocycles. The lowest BCUT2D eigenvalue weighted by Gasteiger charge is -2.42. The molecule has 3 N–H and O–H groups in total. The van der Waals surface area contributed by atoms with Gasteiger partial charge in [-0.1, -0.05) is 12.5 Å². The molecule has 100 valence electrons. The Kier molecular flexibility index (Phi) is 2.60. The zero-order chi connectivity index (χ0) is 13.6. The fraction of sp³-hybridized carbons (Fsp3) is 0.429. The van der Waals surface area contributed by atoms with Crippen molar-refractivity contribution in [3.63, 3.8) is 0 Å². The van der Waals surface area contributed by atoms with Crippen molar-refractivity contribution >= 4 is 17.1 Å². The van der Waals surface area contributed by atoms with E-state index >= 15 is 0 Å². The average Bonchev–Trinajstić information content (AvgIpc) is 2.65. The quantitative estimate of drug-likeness (QED) is 0.884. The SMILES string of the molecule is Cc1nc2cc(C(N)C3(C(=O)O)CCC3)ccc2o1. The first-order valence-electron chi connectivity index (χ1n) is 6.39. The van der Waals surface area contributed by atoms with Crippen LogP contribution in [0.2, 0.25) is 0 Å². The molecule has 1 atom stereocenters. The minimum Gasteiger partial charge on any atom is -0.481 e. The van der Waals surface area contributed by atoms with E-state index in [4.69, 9.17) is 10.2 Å². The number of benzene rings is 1. The number of aryl methyl sites for hydroxylation is 1. The van der Waals surface area contributed by atoms with Gasteiger partial charge in [0.2, 0.25) is 0 Å². The van der Waals surface area contributed by atoms with Crippen molar-refractivity contribution in [1.29, 1.82) is 0 Å². The molecular formula is C14H16N2O3. The van der Waals surface area contributed by atoms with Crippen LogP contribution in [0.15, 0.2) is 22.6 Å². The molecule has 1 saturated carbocycles. The largest absolute Gasteiger partial charge is 0.481 e. The summed E-state index contributed by atoms with van der Waals surface area (Å²) in [5.41, 5.74) is 7.62. The number of hydrogen-bond acceptors (Lipinski definition) is 4. The highest BCUT2D eigenvalue weighted by molar-refractivity contribution is 5.78. The van der Waals surface area contributed by atoms with Crippen LogP contribution >= 0.6 is 0 Å². The molecule has 1 aliphatic rings. The molecule has 19 heavy (non-hydrogen) atoms. The summed E-state index contributed by atoms with van der Waals surface area (Å²) in [6, 6.07) is 4.97. The standard InChI is InChI=1S/C14H16N2O3/c1-8-16-10-7-9(3-4-11(10)19-8)12(15)14(13(17)18)5-2-6-14/h3-4,7,12H,2,5-6,15H2,1H3,(H,17,18). The fourth-order valence-electron chi connectivity index (χ4n) is 2.79. The van der Waals surface area contributed by atoms with Gasteiger partial charge in [0.25, 0.3) is 0 Å². The first-order valence-corrected chi connectivity index (χ1v) is 6.39. The zero-order valence-corrected chi connectivity index (χ0v) is 10.7. The number of aliphatic carboxylic acids is 1. The molecule has 0 bridgehead atoms. The smallest absolute Gasteiger partial charge is 0.311 e. The predicted molar refractivity (Wildman–Crippen MR) is 69.6 cm³/mol. The maximum atomic E-state index is 11.5. The lowest BCUT2D eigenvalue weighted by atomic mass is 9.62. The number of hydrogen-bond donors (Lipinski definition) is 2. The second-order valence-electron chi connectivity index (χ2n) is 5.25. The maximum absolute atomic E-state index is 11.5. The van der Waals surface area contributed by atoms with Gasteiger partial charge in [-0.15, -0.1) is 0 Å². The summed E-state index contributed by atoms with van der Waals surface area (Å²) in [5, 5.41) is 9.42. The number of carbonyl (C=O) groups is 1. The van der Waals surface area contributed by atoms with Gasteiger partial charge in [-0.05, 0) is 30.5 Å². The maximum Gasteiger partial charge on any atom is 0.311 e. The van der Waals surface area contributed by atoms with E-state index in [0.717, 1.165) is 17.5 Å². The number of carboxylic acid groups (broad SMARTS) is 1. The van der Waals surface area contributed by atoms with Crippen LogP contribution in [0.1, 0.15) is 36.8 Å². The van der Waals surface area contributed by atoms with Crippen LogP contribution in [0, 0.1) is 12.3 Å². The Hall–Kier alpha value is -1.88. The molecule has 5 heteroatoms. The molecule has 1 aromatic carbocycles. The van der Waals surface area contributed by atoms with E-state index in [-0.39, 0.29) is 0 Å². The van der Waals surface area contributed by atoms with Crippen molar-refractivity contribution < 1.29 is 14.3 Å². The molecule has 5 nitrogen and oxygen atoms in total. The lowest BCUT2D eigenvalue weighted by Crippen LogP contribution is -2.46. The Morgan fingerprint density at radius 3 is 2.84 bits per heavy atom. The van der Waals surface area contributed by atoms with Crippen LogP contribution in [0.5, 0.6) is 0 Å². The van der Waals surface area contributed by atoms with Gasteiger partial charge in [-0.25, -0.2) is 4.98 Å². The molecule has 2 aromatic rings. The number of aromatic nitrogens is 1. The van der Waals surface area contributed by atoms with Gasteiger partial charge in [-0.2, -0.15) is 0 Å². The molecule has 0 aliphatic heterocycles. The second-order valence-corrected chi connectivity index (χ2v) is 5.25. The van der Waals surface area contributed by atoms with Crippen molar-refractivity contribution in [2.45, 2.75) is 32.2 Å². The van der Waals surface area contributed by atoms with Crippen LogP contribution in [0.25, 0.3) is 11.1 Å². The van der Waals surface area contributed by atoms with Crippen molar-refractivity contribution in [3.05, 3.63) is 29.7 Å². The number of carboxylic acids is 1. The topological polar surface area (TPSA) is 89.3 Å². The van der Waals surface area contributed by atoms with E-state index in [1.807, 2.05) is 12.1 Å². The van der Waals surface area contributed by atoms with Gasteiger partial charge in [-0.3, -0.25) is 4.79 Å². The molecule has 1 aliphatic carbocycles. The summed E-state index contributed by atoms with van der Waals surface area (Å²) in [5.74, 6) is -0.208. The number of oxazole rings is 1. The number of nitrogens with zero attached hydrogens (tertiary/aromatic N) is 1. The minimum atomic E-state index is -0.813. The highest BCUT2D eigenvalue weighted by Gasteiger charge is 2.49. The van der Waals surface area contributed by atoms with Crippen molar-refractivity contribution in [2.75, 3.05) is 0 Å². The Bertz CT molecular complexity index is 643. The Morgan fingerprint density at radius 1 is 1.53 bits per heavy atom. The molecule has 1 aromatic heterocycles. The van der Waals surface area contributed by atoms with Crippen LogP contribution in [0.4, 0.5) is 0 Å². The number of rotatable bonds is 3. The summed E-state index contributed by atoms with van der Waals surface area (Å²) in [7, 11) is 0. The third-order valence-electron chi connectivity index (χ3n) is 4.14. The first kappa shape index (κ1) is 12.2. The molecule has 3 rings (SSSR count). The third-order valence-corrected chi connectivity index (χ3v) is 4.14. The van der Waals surface area contributed by atoms with Gasteiger partial charge in [0.05, 0.1) is 5.41 Å². The van der Waals surface area contributed by atoms with E-state index in [0.29, 0.717) is 24.3 Å². The van der Waals surface area contributed by atoms with Crippen molar-refractivity contribution in [1.82, 2.24) is 4.98 Å². The highest BCUT2D eigenvalue weighted by atomic mass is 16.4. The Labute approximate surface area is 110 Å². The van der Waals surface area contributed by atoms with E-state index in [1.165, 1.54) is 0 Å².